The van der Waals surface area contributed by atoms with E-state index in [1.54, 1.807) is 0 Å². The number of nitrogens with zero attached hydrogens (tertiary/aromatic N) is 1. The van der Waals surface area contributed by atoms with E-state index in [9.17, 15) is 14.7 Å². The van der Waals surface area contributed by atoms with E-state index in [-0.39, 0.29) is 6.54 Å². The first-order chi connectivity index (χ1) is 8.08. The van der Waals surface area contributed by atoms with Gasteiger partial charge >= 0.3 is 0 Å². The van der Waals surface area contributed by atoms with Crippen molar-refractivity contribution in [3.63, 3.8) is 0 Å². The summed E-state index contributed by atoms with van der Waals surface area (Å²) < 4.78 is 0. The average molecular weight is 237 g/mol. The van der Waals surface area contributed by atoms with Crippen molar-refractivity contribution >= 4 is 11.8 Å². The predicted molar refractivity (Wildman–Crippen MR) is 57.5 cm³/mol. The highest BCUT2D eigenvalue weighted by molar-refractivity contribution is 6.02. The molecular formula is C11H15N3O3. The van der Waals surface area contributed by atoms with Crippen LogP contribution in [0.4, 0.5) is 0 Å². The van der Waals surface area contributed by atoms with E-state index in [0.717, 1.165) is 12.8 Å². The Morgan fingerprint density at radius 1 is 1.53 bits per heavy atom. The summed E-state index contributed by atoms with van der Waals surface area (Å²) in [5, 5.41) is 23.7. The van der Waals surface area contributed by atoms with E-state index < -0.39 is 29.4 Å². The number of amides is 2. The minimum Gasteiger partial charge on any atom is -0.390 e. The molecule has 1 heterocycles. The monoisotopic (exact) mass is 237 g/mol. The van der Waals surface area contributed by atoms with Crippen LogP contribution in [0.25, 0.3) is 0 Å². The van der Waals surface area contributed by atoms with Crippen LogP contribution in [0.15, 0.2) is 0 Å². The third-order valence-electron chi connectivity index (χ3n) is 3.47. The minimum absolute atomic E-state index is 0.0937. The number of hydrogen-bond acceptors (Lipinski definition) is 4. The largest absolute Gasteiger partial charge is 0.390 e. The number of carbonyl (C=O) groups is 2. The quantitative estimate of drug-likeness (QED) is 0.538. The molecule has 1 saturated heterocycles. The first-order valence-corrected chi connectivity index (χ1v) is 5.77. The van der Waals surface area contributed by atoms with Crippen molar-refractivity contribution in [1.29, 1.82) is 5.26 Å². The summed E-state index contributed by atoms with van der Waals surface area (Å²) in [6.45, 7) is 0.0937. The Kier molecular flexibility index (Phi) is 3.03. The van der Waals surface area contributed by atoms with Crippen molar-refractivity contribution in [3.8, 4) is 6.07 Å². The van der Waals surface area contributed by atoms with Crippen molar-refractivity contribution in [2.24, 2.45) is 5.92 Å². The van der Waals surface area contributed by atoms with Gasteiger partial charge in [-0.15, -0.1) is 0 Å². The summed E-state index contributed by atoms with van der Waals surface area (Å²) in [6, 6.07) is 2.12. The van der Waals surface area contributed by atoms with Crippen LogP contribution in [0.5, 0.6) is 0 Å². The van der Waals surface area contributed by atoms with Crippen molar-refractivity contribution in [2.45, 2.75) is 37.3 Å². The van der Waals surface area contributed by atoms with Crippen LogP contribution in [0.3, 0.4) is 0 Å². The second kappa shape index (κ2) is 4.34. The fourth-order valence-corrected chi connectivity index (χ4v) is 2.46. The van der Waals surface area contributed by atoms with Crippen LogP contribution in [-0.4, -0.2) is 35.1 Å². The van der Waals surface area contributed by atoms with E-state index >= 15 is 0 Å². The molecule has 1 aliphatic heterocycles. The SMILES string of the molecule is N#CC1(NC(=O)C2C(=O)NCC2O)CCCC1. The Balaban J connectivity index is 2.06. The molecular weight excluding hydrogens is 222 g/mol. The van der Waals surface area contributed by atoms with Crippen LogP contribution >= 0.6 is 0 Å². The van der Waals surface area contributed by atoms with Crippen LogP contribution in [0, 0.1) is 17.2 Å². The molecule has 6 nitrogen and oxygen atoms in total. The second-order valence-corrected chi connectivity index (χ2v) is 4.68. The minimum atomic E-state index is -1.08. The molecule has 0 spiro atoms. The molecule has 2 atom stereocenters. The third-order valence-corrected chi connectivity index (χ3v) is 3.47. The summed E-state index contributed by atoms with van der Waals surface area (Å²) >= 11 is 0. The van der Waals surface area contributed by atoms with Crippen molar-refractivity contribution in [2.75, 3.05) is 6.54 Å². The first kappa shape index (κ1) is 11.9. The molecule has 3 N–H and O–H groups in total. The molecule has 0 aromatic heterocycles. The predicted octanol–water partition coefficient (Wildman–Crippen LogP) is -0.954. The molecule has 92 valence electrons. The number of aliphatic hydroxyl groups excluding tert-OH is 1. The van der Waals surface area contributed by atoms with Gasteiger partial charge < -0.3 is 15.7 Å². The molecule has 2 amide bonds. The van der Waals surface area contributed by atoms with Crippen molar-refractivity contribution in [3.05, 3.63) is 0 Å². The lowest BCUT2D eigenvalue weighted by Gasteiger charge is -2.24. The van der Waals surface area contributed by atoms with E-state index in [1.165, 1.54) is 0 Å². The summed E-state index contributed by atoms with van der Waals surface area (Å²) in [5.41, 5.74) is -0.848. The molecule has 2 aliphatic rings. The number of β-amino-alcohol motifs (C(OH)–C–C–N with tert-alkyl or cyclic N) is 1. The fraction of sp³-hybridized carbons (Fsp3) is 0.727. The van der Waals surface area contributed by atoms with Crippen LogP contribution in [-0.2, 0) is 9.59 Å². The van der Waals surface area contributed by atoms with Gasteiger partial charge in [-0.1, -0.05) is 0 Å². The molecule has 1 aliphatic carbocycles. The highest BCUT2D eigenvalue weighted by Gasteiger charge is 2.43. The zero-order chi connectivity index (χ0) is 12.5. The zero-order valence-electron chi connectivity index (χ0n) is 9.40. The highest BCUT2D eigenvalue weighted by Crippen LogP contribution is 2.29. The molecule has 17 heavy (non-hydrogen) atoms. The number of carbonyl (C=O) groups excluding carboxylic acids is 2. The normalized spacial score (nSPS) is 30.7. The van der Waals surface area contributed by atoms with Crippen LogP contribution in [0.1, 0.15) is 25.7 Å². The van der Waals surface area contributed by atoms with Gasteiger partial charge in [0.2, 0.25) is 11.8 Å². The van der Waals surface area contributed by atoms with Crippen molar-refractivity contribution in [1.82, 2.24) is 10.6 Å². The maximum absolute atomic E-state index is 11.9. The maximum atomic E-state index is 11.9. The lowest BCUT2D eigenvalue weighted by molar-refractivity contribution is -0.136. The van der Waals surface area contributed by atoms with E-state index in [1.807, 2.05) is 0 Å². The van der Waals surface area contributed by atoms with Gasteiger partial charge in [-0.25, -0.2) is 0 Å². The van der Waals surface area contributed by atoms with Gasteiger partial charge in [0.05, 0.1) is 12.2 Å². The molecule has 1 saturated carbocycles. The maximum Gasteiger partial charge on any atom is 0.236 e. The zero-order valence-corrected chi connectivity index (χ0v) is 9.40. The Bertz CT molecular complexity index is 382. The molecule has 6 heteroatoms. The summed E-state index contributed by atoms with van der Waals surface area (Å²) in [4.78, 5) is 23.3. The highest BCUT2D eigenvalue weighted by atomic mass is 16.3. The van der Waals surface area contributed by atoms with E-state index in [2.05, 4.69) is 16.7 Å². The van der Waals surface area contributed by atoms with Crippen LogP contribution < -0.4 is 10.6 Å². The standard InChI is InChI=1S/C11H15N3O3/c12-6-11(3-1-2-4-11)14-10(17)8-7(15)5-13-9(8)16/h7-8,15H,1-5H2,(H,13,16)(H,14,17). The Hall–Kier alpha value is -1.61. The first-order valence-electron chi connectivity index (χ1n) is 5.77. The smallest absolute Gasteiger partial charge is 0.236 e. The number of hydrogen-bond donors (Lipinski definition) is 3. The topological polar surface area (TPSA) is 102 Å². The summed E-state index contributed by atoms with van der Waals surface area (Å²) in [7, 11) is 0. The van der Waals surface area contributed by atoms with Gasteiger partial charge in [-0.2, -0.15) is 5.26 Å². The van der Waals surface area contributed by atoms with Gasteiger partial charge in [-0.05, 0) is 25.7 Å². The number of nitrogens with one attached hydrogen (secondary N) is 2. The molecule has 2 unspecified atom stereocenters. The van der Waals surface area contributed by atoms with Gasteiger partial charge in [0, 0.05) is 6.54 Å². The molecule has 0 aromatic carbocycles. The van der Waals surface area contributed by atoms with Gasteiger partial charge in [0.15, 0.2) is 0 Å². The molecule has 2 fully saturated rings. The summed E-state index contributed by atoms with van der Waals surface area (Å²) in [6.07, 6.45) is 2.01. The van der Waals surface area contributed by atoms with Gasteiger partial charge in [-0.3, -0.25) is 9.59 Å². The molecule has 0 bridgehead atoms. The average Bonchev–Trinajstić information content (AvgIpc) is 2.87. The lowest BCUT2D eigenvalue weighted by atomic mass is 9.97. The van der Waals surface area contributed by atoms with Gasteiger partial charge in [0.1, 0.15) is 11.5 Å². The summed E-state index contributed by atoms with van der Waals surface area (Å²) in [5.74, 6) is -2.10. The number of rotatable bonds is 2. The Morgan fingerprint density at radius 3 is 2.65 bits per heavy atom. The Labute approximate surface area is 99.0 Å². The van der Waals surface area contributed by atoms with Crippen LogP contribution in [0.2, 0.25) is 0 Å². The molecule has 2 rings (SSSR count). The third kappa shape index (κ3) is 2.11. The molecule has 0 radical (unpaired) electrons. The Morgan fingerprint density at radius 2 is 2.18 bits per heavy atom. The lowest BCUT2D eigenvalue weighted by Crippen LogP contribution is -2.50. The number of aliphatic hydroxyl groups is 1. The molecule has 0 aromatic rings. The van der Waals surface area contributed by atoms with E-state index in [0.29, 0.717) is 12.8 Å². The van der Waals surface area contributed by atoms with Crippen molar-refractivity contribution < 1.29 is 14.7 Å². The second-order valence-electron chi connectivity index (χ2n) is 4.68. The number of nitriles is 1. The van der Waals surface area contributed by atoms with Gasteiger partial charge in [0.25, 0.3) is 0 Å². The fourth-order valence-electron chi connectivity index (χ4n) is 2.46. The van der Waals surface area contributed by atoms with E-state index in [4.69, 9.17) is 5.26 Å².